The van der Waals surface area contributed by atoms with E-state index in [2.05, 4.69) is 10.6 Å². The Morgan fingerprint density at radius 2 is 1.62 bits per heavy atom. The molecule has 1 aliphatic heterocycles. The van der Waals surface area contributed by atoms with Gasteiger partial charge in [-0.05, 0) is 37.1 Å². The molecule has 0 aromatic heterocycles. The Hall–Kier alpha value is -3.42. The average Bonchev–Trinajstić information content (AvgIpc) is 2.74. The van der Waals surface area contributed by atoms with E-state index in [0.29, 0.717) is 31.6 Å². The maximum Gasteiger partial charge on any atom is 0.321 e. The summed E-state index contributed by atoms with van der Waals surface area (Å²) in [6.45, 7) is 0.349. The molecule has 1 fully saturated rings. The van der Waals surface area contributed by atoms with E-state index in [9.17, 15) is 18.8 Å². The lowest BCUT2D eigenvalue weighted by atomic mass is 9.97. The number of carbonyl (C=O) groups excluding carboxylic acids is 3. The highest BCUT2D eigenvalue weighted by molar-refractivity contribution is 5.93. The fraction of sp³-hybridized carbons (Fsp3) is 0.286. The average molecular weight is 399 g/mol. The minimum absolute atomic E-state index is 0.0336. The van der Waals surface area contributed by atoms with Crippen molar-refractivity contribution in [2.45, 2.75) is 12.8 Å². The number of amides is 3. The Labute approximate surface area is 167 Å². The van der Waals surface area contributed by atoms with Gasteiger partial charge in [-0.2, -0.15) is 0 Å². The summed E-state index contributed by atoms with van der Waals surface area (Å²) in [5, 5.41) is 5.17. The van der Waals surface area contributed by atoms with E-state index < -0.39 is 24.3 Å². The molecule has 2 aromatic carbocycles. The van der Waals surface area contributed by atoms with Gasteiger partial charge in [0.1, 0.15) is 5.82 Å². The molecule has 1 aliphatic rings. The van der Waals surface area contributed by atoms with E-state index >= 15 is 0 Å². The topological polar surface area (TPSA) is 87.7 Å². The number of esters is 1. The predicted octanol–water partition coefficient (Wildman–Crippen LogP) is 3.25. The number of ether oxygens (including phenoxy) is 1. The first-order valence-corrected chi connectivity index (χ1v) is 9.35. The van der Waals surface area contributed by atoms with Crippen LogP contribution in [0.1, 0.15) is 12.8 Å². The molecule has 2 N–H and O–H groups in total. The highest BCUT2D eigenvalue weighted by atomic mass is 19.1. The number of carbonyl (C=O) groups is 3. The Morgan fingerprint density at radius 1 is 0.966 bits per heavy atom. The zero-order chi connectivity index (χ0) is 20.6. The number of hydrogen-bond donors (Lipinski definition) is 2. The van der Waals surface area contributed by atoms with Gasteiger partial charge in [-0.15, -0.1) is 0 Å². The van der Waals surface area contributed by atoms with Crippen LogP contribution in [-0.2, 0) is 14.3 Å². The highest BCUT2D eigenvalue weighted by Crippen LogP contribution is 2.20. The standard InChI is InChI=1S/C21H22FN3O4/c22-17-8-4-5-9-18(17)24-19(26)14-29-20(27)15-10-12-25(13-11-15)21(28)23-16-6-2-1-3-7-16/h1-9,15H,10-14H2,(H,23,28)(H,24,26). The van der Waals surface area contributed by atoms with Crippen LogP contribution in [0.5, 0.6) is 0 Å². The van der Waals surface area contributed by atoms with E-state index in [1.165, 1.54) is 18.2 Å². The Bertz CT molecular complexity index is 867. The molecule has 0 bridgehead atoms. The van der Waals surface area contributed by atoms with Crippen LogP contribution >= 0.6 is 0 Å². The van der Waals surface area contributed by atoms with Crippen molar-refractivity contribution in [1.82, 2.24) is 4.90 Å². The maximum atomic E-state index is 13.5. The summed E-state index contributed by atoms with van der Waals surface area (Å²) in [7, 11) is 0. The fourth-order valence-corrected chi connectivity index (χ4v) is 3.05. The molecule has 29 heavy (non-hydrogen) atoms. The van der Waals surface area contributed by atoms with Crippen LogP contribution < -0.4 is 10.6 Å². The van der Waals surface area contributed by atoms with E-state index in [0.717, 1.165) is 0 Å². The molecule has 0 aliphatic carbocycles. The van der Waals surface area contributed by atoms with Crippen molar-refractivity contribution >= 4 is 29.3 Å². The molecule has 3 rings (SSSR count). The molecule has 0 unspecified atom stereocenters. The van der Waals surface area contributed by atoms with Crippen LogP contribution in [0.2, 0.25) is 0 Å². The van der Waals surface area contributed by atoms with Gasteiger partial charge in [-0.25, -0.2) is 9.18 Å². The van der Waals surface area contributed by atoms with Gasteiger partial charge in [-0.1, -0.05) is 30.3 Å². The first kappa shape index (κ1) is 20.3. The molecular weight excluding hydrogens is 377 g/mol. The van der Waals surface area contributed by atoms with Gasteiger partial charge in [0.15, 0.2) is 6.61 Å². The minimum Gasteiger partial charge on any atom is -0.455 e. The normalized spacial score (nSPS) is 14.2. The summed E-state index contributed by atoms with van der Waals surface area (Å²) in [5.74, 6) is -2.04. The van der Waals surface area contributed by atoms with Crippen LogP contribution in [0.25, 0.3) is 0 Å². The fourth-order valence-electron chi connectivity index (χ4n) is 3.05. The van der Waals surface area contributed by atoms with Crippen molar-refractivity contribution in [3.63, 3.8) is 0 Å². The number of rotatable bonds is 5. The van der Waals surface area contributed by atoms with E-state index in [4.69, 9.17) is 4.74 Å². The molecule has 2 aromatic rings. The van der Waals surface area contributed by atoms with Gasteiger partial charge in [-0.3, -0.25) is 9.59 Å². The third kappa shape index (κ3) is 5.78. The second kappa shape index (κ2) is 9.68. The molecule has 8 heteroatoms. The van der Waals surface area contributed by atoms with Crippen LogP contribution in [0, 0.1) is 11.7 Å². The number of piperidine rings is 1. The molecular formula is C21H22FN3O4. The monoisotopic (exact) mass is 399 g/mol. The lowest BCUT2D eigenvalue weighted by Crippen LogP contribution is -2.43. The van der Waals surface area contributed by atoms with Crippen molar-refractivity contribution in [1.29, 1.82) is 0 Å². The summed E-state index contributed by atoms with van der Waals surface area (Å²) in [6.07, 6.45) is 0.909. The molecule has 0 radical (unpaired) electrons. The SMILES string of the molecule is O=C(COC(=O)C1CCN(C(=O)Nc2ccccc2)CC1)Nc1ccccc1F. The minimum atomic E-state index is -0.608. The number of halogens is 1. The first-order valence-electron chi connectivity index (χ1n) is 9.35. The summed E-state index contributed by atoms with van der Waals surface area (Å²) in [6, 6.07) is 14.7. The van der Waals surface area contributed by atoms with Gasteiger partial charge in [0.2, 0.25) is 0 Å². The van der Waals surface area contributed by atoms with E-state index in [1.807, 2.05) is 18.2 Å². The van der Waals surface area contributed by atoms with Gasteiger partial charge in [0.05, 0.1) is 11.6 Å². The number of anilines is 2. The lowest BCUT2D eigenvalue weighted by Gasteiger charge is -2.30. The van der Waals surface area contributed by atoms with E-state index in [1.54, 1.807) is 23.1 Å². The zero-order valence-corrected chi connectivity index (χ0v) is 15.8. The predicted molar refractivity (Wildman–Crippen MR) is 106 cm³/mol. The van der Waals surface area contributed by atoms with Crippen molar-refractivity contribution in [3.05, 3.63) is 60.4 Å². The second-order valence-electron chi connectivity index (χ2n) is 6.69. The van der Waals surface area contributed by atoms with Crippen LogP contribution in [0.4, 0.5) is 20.6 Å². The highest BCUT2D eigenvalue weighted by Gasteiger charge is 2.28. The molecule has 3 amide bonds. The Kier molecular flexibility index (Phi) is 6.78. The molecule has 0 spiro atoms. The lowest BCUT2D eigenvalue weighted by molar-refractivity contribution is -0.152. The second-order valence-corrected chi connectivity index (χ2v) is 6.69. The van der Waals surface area contributed by atoms with Crippen molar-refractivity contribution in [3.8, 4) is 0 Å². The maximum absolute atomic E-state index is 13.5. The number of urea groups is 1. The molecule has 7 nitrogen and oxygen atoms in total. The van der Waals surface area contributed by atoms with Crippen LogP contribution in [0.3, 0.4) is 0 Å². The molecule has 1 saturated heterocycles. The Balaban J connectivity index is 1.40. The molecule has 0 saturated carbocycles. The summed E-state index contributed by atoms with van der Waals surface area (Å²) >= 11 is 0. The number of para-hydroxylation sites is 2. The number of hydrogen-bond acceptors (Lipinski definition) is 4. The summed E-state index contributed by atoms with van der Waals surface area (Å²) in [5.41, 5.74) is 0.742. The number of nitrogens with one attached hydrogen (secondary N) is 2. The van der Waals surface area contributed by atoms with Crippen LogP contribution in [-0.4, -0.2) is 42.5 Å². The first-order chi connectivity index (χ1) is 14.0. The summed E-state index contributed by atoms with van der Waals surface area (Å²) < 4.78 is 18.6. The number of benzene rings is 2. The molecule has 152 valence electrons. The smallest absolute Gasteiger partial charge is 0.321 e. The number of likely N-dealkylation sites (tertiary alicyclic amines) is 1. The third-order valence-corrected chi connectivity index (χ3v) is 4.63. The zero-order valence-electron chi connectivity index (χ0n) is 15.8. The van der Waals surface area contributed by atoms with Gasteiger partial charge in [0.25, 0.3) is 5.91 Å². The quantitative estimate of drug-likeness (QED) is 0.756. The van der Waals surface area contributed by atoms with Crippen molar-refractivity contribution in [2.75, 3.05) is 30.3 Å². The van der Waals surface area contributed by atoms with Gasteiger partial charge in [0, 0.05) is 18.8 Å². The van der Waals surface area contributed by atoms with Crippen molar-refractivity contribution < 1.29 is 23.5 Å². The van der Waals surface area contributed by atoms with E-state index in [-0.39, 0.29) is 17.6 Å². The Morgan fingerprint density at radius 3 is 2.31 bits per heavy atom. The molecule has 1 heterocycles. The largest absolute Gasteiger partial charge is 0.455 e. The number of nitrogens with zero attached hydrogens (tertiary/aromatic N) is 1. The summed E-state index contributed by atoms with van der Waals surface area (Å²) in [4.78, 5) is 38.0. The van der Waals surface area contributed by atoms with Gasteiger partial charge >= 0.3 is 12.0 Å². The molecule has 0 atom stereocenters. The third-order valence-electron chi connectivity index (χ3n) is 4.63. The van der Waals surface area contributed by atoms with Gasteiger partial charge < -0.3 is 20.3 Å². The van der Waals surface area contributed by atoms with Crippen LogP contribution in [0.15, 0.2) is 54.6 Å². The van der Waals surface area contributed by atoms with Crippen molar-refractivity contribution in [2.24, 2.45) is 5.92 Å².